The van der Waals surface area contributed by atoms with Gasteiger partial charge in [0, 0.05) is 27.2 Å². The van der Waals surface area contributed by atoms with Gasteiger partial charge in [0.15, 0.2) is 0 Å². The molecule has 0 aromatic heterocycles. The maximum Gasteiger partial charge on any atom is 0.332 e. The Bertz CT molecular complexity index is 1740. The molecule has 1 N–H and O–H groups in total. The van der Waals surface area contributed by atoms with Gasteiger partial charge in [-0.25, -0.2) is 17.0 Å². The van der Waals surface area contributed by atoms with Gasteiger partial charge in [-0.2, -0.15) is 12.7 Å². The summed E-state index contributed by atoms with van der Waals surface area (Å²) in [7, 11) is -9.29. The monoisotopic (exact) mass is 653 g/mol. The van der Waals surface area contributed by atoms with Crippen LogP contribution in [0.2, 0.25) is 25.7 Å². The summed E-state index contributed by atoms with van der Waals surface area (Å²) in [6.07, 6.45) is 6.38. The molecule has 1 atom stereocenters. The molecule has 0 bridgehead atoms. The van der Waals surface area contributed by atoms with Crippen molar-refractivity contribution in [1.82, 2.24) is 8.61 Å². The van der Waals surface area contributed by atoms with Gasteiger partial charge in [0.25, 0.3) is 0 Å². The summed E-state index contributed by atoms with van der Waals surface area (Å²) in [6.45, 7) is 7.29. The van der Waals surface area contributed by atoms with Gasteiger partial charge in [0.1, 0.15) is 18.0 Å². The molecule has 0 radical (unpaired) electrons. The molecule has 0 amide bonds. The zero-order valence-corrected chi connectivity index (χ0v) is 27.8. The van der Waals surface area contributed by atoms with E-state index >= 15 is 0 Å². The summed E-state index contributed by atoms with van der Waals surface area (Å²) in [4.78, 5) is 0.267. The van der Waals surface area contributed by atoms with Crippen molar-refractivity contribution >= 4 is 40.1 Å². The summed E-state index contributed by atoms with van der Waals surface area (Å²) >= 11 is 0. The number of benzene rings is 3. The largest absolute Gasteiger partial charge is 0.493 e. The van der Waals surface area contributed by atoms with Gasteiger partial charge in [0.2, 0.25) is 15.9 Å². The molecule has 5 rings (SSSR count). The highest BCUT2D eigenvalue weighted by Gasteiger charge is 2.39. The third-order valence-electron chi connectivity index (χ3n) is 7.65. The smallest absolute Gasteiger partial charge is 0.332 e. The first-order valence-corrected chi connectivity index (χ1v) is 21.2. The third kappa shape index (κ3) is 7.04. The van der Waals surface area contributed by atoms with Crippen molar-refractivity contribution in [1.29, 1.82) is 0 Å². The lowest BCUT2D eigenvalue weighted by molar-refractivity contribution is 0.294. The zero-order chi connectivity index (χ0) is 31.5. The Labute approximate surface area is 261 Å². The summed E-state index contributed by atoms with van der Waals surface area (Å²) in [5, 5.41) is 10.7. The summed E-state index contributed by atoms with van der Waals surface area (Å²) in [5.74, 6) is -0.0157. The van der Waals surface area contributed by atoms with E-state index in [4.69, 9.17) is 4.74 Å². The van der Waals surface area contributed by atoms with Crippen molar-refractivity contribution in [3.63, 3.8) is 0 Å². The Morgan fingerprint density at radius 2 is 1.68 bits per heavy atom. The van der Waals surface area contributed by atoms with Crippen LogP contribution in [0.5, 0.6) is 5.75 Å². The molecule has 3 aromatic rings. The first-order chi connectivity index (χ1) is 20.9. The summed E-state index contributed by atoms with van der Waals surface area (Å²) < 4.78 is 63.7. The highest BCUT2D eigenvalue weighted by atomic mass is 32.2. The topological polar surface area (TPSA) is 107 Å². The number of ether oxygens (including phenoxy) is 1. The minimum Gasteiger partial charge on any atom is -0.493 e. The average molecular weight is 654 g/mol. The SMILES string of the molecule is C[Si](C)(C)CCN1C(O)=CN(c2ccc(C=CC3CCCN3S(=O)(=O)c3ccccc3)cc2OCc2ccccc2)S1(=O)=O. The Morgan fingerprint density at radius 3 is 2.36 bits per heavy atom. The van der Waals surface area contributed by atoms with Crippen LogP contribution < -0.4 is 9.04 Å². The van der Waals surface area contributed by atoms with Gasteiger partial charge < -0.3 is 9.84 Å². The molecule has 234 valence electrons. The Morgan fingerprint density at radius 1 is 1.00 bits per heavy atom. The van der Waals surface area contributed by atoms with E-state index in [1.54, 1.807) is 48.5 Å². The second-order valence-corrected chi connectivity index (χ2v) is 21.4. The van der Waals surface area contributed by atoms with Gasteiger partial charge in [0.05, 0.1) is 11.1 Å². The lowest BCUT2D eigenvalue weighted by Crippen LogP contribution is -2.37. The first kappa shape index (κ1) is 31.8. The van der Waals surface area contributed by atoms with Crippen LogP contribution in [0.1, 0.15) is 24.0 Å². The van der Waals surface area contributed by atoms with Gasteiger partial charge >= 0.3 is 10.2 Å². The number of aliphatic hydroxyl groups is 1. The summed E-state index contributed by atoms with van der Waals surface area (Å²) in [5.41, 5.74) is 1.90. The summed E-state index contributed by atoms with van der Waals surface area (Å²) in [6, 6.07) is 23.5. The molecule has 2 heterocycles. The first-order valence-electron chi connectivity index (χ1n) is 14.6. The van der Waals surface area contributed by atoms with Crippen LogP contribution in [-0.4, -0.2) is 57.8 Å². The van der Waals surface area contributed by atoms with E-state index in [1.807, 2.05) is 42.5 Å². The molecule has 1 fully saturated rings. The molecular formula is C32H39N3O6S2Si. The van der Waals surface area contributed by atoms with Crippen molar-refractivity contribution < 1.29 is 26.7 Å². The van der Waals surface area contributed by atoms with Gasteiger partial charge in [-0.05, 0) is 54.3 Å². The number of hydrogen-bond acceptors (Lipinski definition) is 6. The van der Waals surface area contributed by atoms with Crippen molar-refractivity contribution in [2.75, 3.05) is 17.4 Å². The van der Waals surface area contributed by atoms with E-state index in [9.17, 15) is 21.9 Å². The fourth-order valence-corrected chi connectivity index (χ4v) is 9.37. The molecule has 1 unspecified atom stereocenters. The Balaban J connectivity index is 1.43. The zero-order valence-electron chi connectivity index (χ0n) is 25.2. The van der Waals surface area contributed by atoms with E-state index in [0.717, 1.165) is 26.2 Å². The van der Waals surface area contributed by atoms with Crippen molar-refractivity contribution in [2.24, 2.45) is 0 Å². The average Bonchev–Trinajstić information content (AvgIpc) is 3.56. The van der Waals surface area contributed by atoms with Gasteiger partial charge in [-0.15, -0.1) is 0 Å². The maximum absolute atomic E-state index is 13.6. The number of aliphatic hydroxyl groups excluding tert-OH is 1. The van der Waals surface area contributed by atoms with Crippen LogP contribution in [0.3, 0.4) is 0 Å². The molecule has 0 saturated carbocycles. The molecule has 9 nitrogen and oxygen atoms in total. The van der Waals surface area contributed by atoms with E-state index in [2.05, 4.69) is 19.6 Å². The van der Waals surface area contributed by atoms with Crippen LogP contribution in [-0.2, 0) is 26.8 Å². The van der Waals surface area contributed by atoms with Gasteiger partial charge in [-0.3, -0.25) is 0 Å². The van der Waals surface area contributed by atoms with Crippen LogP contribution >= 0.6 is 0 Å². The predicted octanol–water partition coefficient (Wildman–Crippen LogP) is 6.19. The van der Waals surface area contributed by atoms with Crippen LogP contribution in [0.15, 0.2) is 102 Å². The highest BCUT2D eigenvalue weighted by molar-refractivity contribution is 7.91. The molecule has 44 heavy (non-hydrogen) atoms. The van der Waals surface area contributed by atoms with E-state index in [1.165, 1.54) is 10.5 Å². The van der Waals surface area contributed by atoms with Crippen LogP contribution in [0.4, 0.5) is 5.69 Å². The number of nitrogens with zero attached hydrogens (tertiary/aromatic N) is 3. The second-order valence-electron chi connectivity index (χ2n) is 12.2. The fraction of sp³-hybridized carbons (Fsp3) is 0.312. The molecule has 0 aliphatic carbocycles. The van der Waals surface area contributed by atoms with Crippen molar-refractivity contribution in [3.8, 4) is 5.75 Å². The molecule has 0 spiro atoms. The second kappa shape index (κ2) is 12.8. The standard InChI is InChI=1S/C32H39N3O6S2Si/c1-44(2,3)22-21-34-32(36)24-35(43(34,39)40)30-19-17-26(23-31(30)41-25-27-11-6-4-7-12-27)16-18-28-13-10-20-33(28)42(37,38)29-14-8-5-9-15-29/h4-9,11-12,14-19,23-24,28,36H,10,13,20-22,25H2,1-3H3. The minimum atomic E-state index is -4.07. The molecular weight excluding hydrogens is 615 g/mol. The minimum absolute atomic E-state index is 0.196. The lowest BCUT2D eigenvalue weighted by Gasteiger charge is -2.25. The van der Waals surface area contributed by atoms with E-state index in [0.29, 0.717) is 24.8 Å². The Hall–Kier alpha value is -3.58. The molecule has 1 saturated heterocycles. The quantitative estimate of drug-likeness (QED) is 0.247. The molecule has 3 aromatic carbocycles. The molecule has 2 aliphatic rings. The number of anilines is 1. The number of rotatable bonds is 11. The van der Waals surface area contributed by atoms with Crippen LogP contribution in [0, 0.1) is 0 Å². The third-order valence-corrected chi connectivity index (χ3v) is 13.0. The van der Waals surface area contributed by atoms with Gasteiger partial charge in [-0.1, -0.05) is 86.4 Å². The van der Waals surface area contributed by atoms with E-state index < -0.39 is 28.3 Å². The number of sulfonamides is 1. The van der Waals surface area contributed by atoms with Crippen LogP contribution in [0.25, 0.3) is 6.08 Å². The Kier molecular flexibility index (Phi) is 9.26. The van der Waals surface area contributed by atoms with E-state index in [-0.39, 0.29) is 35.7 Å². The fourth-order valence-electron chi connectivity index (χ4n) is 5.20. The maximum atomic E-state index is 13.6. The van der Waals surface area contributed by atoms with Crippen molar-refractivity contribution in [2.45, 2.75) is 56.1 Å². The highest BCUT2D eigenvalue weighted by Crippen LogP contribution is 2.38. The molecule has 12 heteroatoms. The van der Waals surface area contributed by atoms with Crippen molar-refractivity contribution in [3.05, 3.63) is 108 Å². The lowest BCUT2D eigenvalue weighted by atomic mass is 10.1. The predicted molar refractivity (Wildman–Crippen MR) is 177 cm³/mol. The normalized spacial score (nSPS) is 19.1. The molecule has 2 aliphatic heterocycles. The number of hydrogen-bond donors (Lipinski definition) is 1.